The van der Waals surface area contributed by atoms with Crippen molar-refractivity contribution in [3.8, 4) is 0 Å². The van der Waals surface area contributed by atoms with Crippen LogP contribution < -0.4 is 5.32 Å². The first kappa shape index (κ1) is 18.4. The lowest BCUT2D eigenvalue weighted by Crippen LogP contribution is -2.40. The number of morpholine rings is 1. The Bertz CT molecular complexity index is 908. The molecule has 0 aromatic heterocycles. The van der Waals surface area contributed by atoms with Crippen LogP contribution >= 0.6 is 0 Å². The van der Waals surface area contributed by atoms with Gasteiger partial charge in [-0.05, 0) is 30.3 Å². The summed E-state index contributed by atoms with van der Waals surface area (Å²) >= 11 is 0. The van der Waals surface area contributed by atoms with Crippen molar-refractivity contribution < 1.29 is 26.7 Å². The third kappa shape index (κ3) is 3.74. The Morgan fingerprint density at radius 3 is 2.31 bits per heavy atom. The molecule has 26 heavy (non-hydrogen) atoms. The Hall–Kier alpha value is -2.36. The predicted octanol–water partition coefficient (Wildman–Crippen LogP) is 2.24. The maximum Gasteiger partial charge on any atom is 0.261 e. The maximum absolute atomic E-state index is 13.7. The van der Waals surface area contributed by atoms with Crippen molar-refractivity contribution in [2.24, 2.45) is 0 Å². The number of benzene rings is 2. The zero-order valence-electron chi connectivity index (χ0n) is 13.6. The van der Waals surface area contributed by atoms with Crippen LogP contribution in [-0.2, 0) is 14.8 Å². The van der Waals surface area contributed by atoms with Crippen LogP contribution in [0.3, 0.4) is 0 Å². The minimum Gasteiger partial charge on any atom is -0.379 e. The van der Waals surface area contributed by atoms with E-state index in [0.717, 1.165) is 18.2 Å². The van der Waals surface area contributed by atoms with Gasteiger partial charge in [-0.25, -0.2) is 17.2 Å². The number of sulfonamides is 1. The first-order valence-corrected chi connectivity index (χ1v) is 9.27. The van der Waals surface area contributed by atoms with Crippen molar-refractivity contribution in [1.29, 1.82) is 0 Å². The minimum absolute atomic E-state index is 0.0220. The molecule has 1 aliphatic heterocycles. The molecule has 1 amide bonds. The second-order valence-corrected chi connectivity index (χ2v) is 7.53. The zero-order valence-corrected chi connectivity index (χ0v) is 14.4. The number of anilines is 1. The fraction of sp³-hybridized carbons (Fsp3) is 0.235. The van der Waals surface area contributed by atoms with Crippen molar-refractivity contribution in [2.75, 3.05) is 31.6 Å². The van der Waals surface area contributed by atoms with Crippen molar-refractivity contribution in [2.45, 2.75) is 4.90 Å². The number of amides is 1. The molecule has 1 saturated heterocycles. The van der Waals surface area contributed by atoms with Crippen molar-refractivity contribution in [3.05, 3.63) is 59.7 Å². The van der Waals surface area contributed by atoms with E-state index in [9.17, 15) is 22.0 Å². The third-order valence-corrected chi connectivity index (χ3v) is 5.78. The van der Waals surface area contributed by atoms with Gasteiger partial charge in [0.2, 0.25) is 10.0 Å². The average Bonchev–Trinajstić information content (AvgIpc) is 2.62. The molecule has 1 fully saturated rings. The monoisotopic (exact) mass is 382 g/mol. The Labute approximate surface area is 149 Å². The molecule has 0 radical (unpaired) electrons. The second-order valence-electron chi connectivity index (χ2n) is 5.60. The summed E-state index contributed by atoms with van der Waals surface area (Å²) in [6, 6.07) is 8.62. The lowest BCUT2D eigenvalue weighted by Gasteiger charge is -2.26. The number of hydrogen-bond acceptors (Lipinski definition) is 4. The number of hydrogen-bond donors (Lipinski definition) is 1. The molecule has 9 heteroatoms. The van der Waals surface area contributed by atoms with Gasteiger partial charge in [-0.2, -0.15) is 4.31 Å². The third-order valence-electron chi connectivity index (χ3n) is 3.89. The SMILES string of the molecule is O=C(Nc1cccc(S(=O)(=O)N2CCOCC2)c1)c1c(F)cccc1F. The lowest BCUT2D eigenvalue weighted by atomic mass is 10.2. The topological polar surface area (TPSA) is 75.7 Å². The van der Waals surface area contributed by atoms with E-state index < -0.39 is 33.1 Å². The summed E-state index contributed by atoms with van der Waals surface area (Å²) in [5.74, 6) is -3.00. The van der Waals surface area contributed by atoms with Gasteiger partial charge >= 0.3 is 0 Å². The number of nitrogens with one attached hydrogen (secondary N) is 1. The molecule has 0 saturated carbocycles. The van der Waals surface area contributed by atoms with E-state index in [0.29, 0.717) is 13.2 Å². The number of nitrogens with zero attached hydrogens (tertiary/aromatic N) is 1. The molecule has 0 atom stereocenters. The van der Waals surface area contributed by atoms with Crippen molar-refractivity contribution in [1.82, 2.24) is 4.31 Å². The van der Waals surface area contributed by atoms with Gasteiger partial charge in [-0.1, -0.05) is 12.1 Å². The van der Waals surface area contributed by atoms with Crippen LogP contribution in [0.15, 0.2) is 47.4 Å². The second kappa shape index (κ2) is 7.48. The highest BCUT2D eigenvalue weighted by Crippen LogP contribution is 2.22. The molecule has 1 heterocycles. The van der Waals surface area contributed by atoms with E-state index in [1.807, 2.05) is 0 Å². The molecule has 138 valence electrons. The molecular formula is C17H16F2N2O4S. The fourth-order valence-electron chi connectivity index (χ4n) is 2.58. The van der Waals surface area contributed by atoms with Gasteiger partial charge in [0.1, 0.15) is 17.2 Å². The standard InChI is InChI=1S/C17H16F2N2O4S/c18-14-5-2-6-15(19)16(14)17(22)20-12-3-1-4-13(11-12)26(23,24)21-7-9-25-10-8-21/h1-6,11H,7-10H2,(H,20,22). The van der Waals surface area contributed by atoms with Gasteiger partial charge in [0.15, 0.2) is 0 Å². The lowest BCUT2D eigenvalue weighted by molar-refractivity contribution is 0.0730. The van der Waals surface area contributed by atoms with E-state index in [-0.39, 0.29) is 23.7 Å². The average molecular weight is 382 g/mol. The molecule has 0 aliphatic carbocycles. The number of carbonyl (C=O) groups excluding carboxylic acids is 1. The summed E-state index contributed by atoms with van der Waals surface area (Å²) in [5, 5.41) is 2.33. The van der Waals surface area contributed by atoms with Crippen LogP contribution in [0.1, 0.15) is 10.4 Å². The number of halogens is 2. The van der Waals surface area contributed by atoms with Crippen LogP contribution in [0, 0.1) is 11.6 Å². The Kier molecular flexibility index (Phi) is 5.30. The minimum atomic E-state index is -3.75. The van der Waals surface area contributed by atoms with Crippen LogP contribution in [0.2, 0.25) is 0 Å². The van der Waals surface area contributed by atoms with Crippen LogP contribution in [-0.4, -0.2) is 44.9 Å². The Morgan fingerprint density at radius 2 is 1.65 bits per heavy atom. The highest BCUT2D eigenvalue weighted by molar-refractivity contribution is 7.89. The van der Waals surface area contributed by atoms with Gasteiger partial charge in [0.05, 0.1) is 18.1 Å². The molecular weight excluding hydrogens is 366 g/mol. The Balaban J connectivity index is 1.84. The molecule has 2 aromatic rings. The summed E-state index contributed by atoms with van der Waals surface area (Å²) in [6.45, 7) is 1.09. The summed E-state index contributed by atoms with van der Waals surface area (Å²) < 4.78 is 59.1. The van der Waals surface area contributed by atoms with Gasteiger partial charge in [-0.3, -0.25) is 4.79 Å². The van der Waals surface area contributed by atoms with E-state index in [1.54, 1.807) is 0 Å². The molecule has 3 rings (SSSR count). The first-order valence-electron chi connectivity index (χ1n) is 7.83. The number of rotatable bonds is 4. The smallest absolute Gasteiger partial charge is 0.261 e. The molecule has 1 aliphatic rings. The molecule has 1 N–H and O–H groups in total. The summed E-state index contributed by atoms with van der Waals surface area (Å²) in [6.07, 6.45) is 0. The quantitative estimate of drug-likeness (QED) is 0.880. The predicted molar refractivity (Wildman–Crippen MR) is 90.3 cm³/mol. The Morgan fingerprint density at radius 1 is 1.04 bits per heavy atom. The highest BCUT2D eigenvalue weighted by atomic mass is 32.2. The molecule has 0 spiro atoms. The molecule has 6 nitrogen and oxygen atoms in total. The summed E-state index contributed by atoms with van der Waals surface area (Å²) in [5.41, 5.74) is -0.610. The van der Waals surface area contributed by atoms with E-state index in [1.165, 1.54) is 28.6 Å². The number of carbonyl (C=O) groups is 1. The normalized spacial score (nSPS) is 15.6. The summed E-state index contributed by atoms with van der Waals surface area (Å²) in [4.78, 5) is 12.1. The molecule has 0 bridgehead atoms. The zero-order chi connectivity index (χ0) is 18.7. The number of ether oxygens (including phenoxy) is 1. The first-order chi connectivity index (χ1) is 12.4. The van der Waals surface area contributed by atoms with E-state index in [2.05, 4.69) is 5.32 Å². The van der Waals surface area contributed by atoms with E-state index in [4.69, 9.17) is 4.74 Å². The fourth-order valence-corrected chi connectivity index (χ4v) is 4.03. The van der Waals surface area contributed by atoms with Gasteiger partial charge in [0.25, 0.3) is 5.91 Å². The van der Waals surface area contributed by atoms with Gasteiger partial charge in [-0.15, -0.1) is 0 Å². The van der Waals surface area contributed by atoms with Crippen molar-refractivity contribution >= 4 is 21.6 Å². The molecule has 0 unspecified atom stereocenters. The van der Waals surface area contributed by atoms with Gasteiger partial charge in [0, 0.05) is 18.8 Å². The van der Waals surface area contributed by atoms with Crippen LogP contribution in [0.5, 0.6) is 0 Å². The largest absolute Gasteiger partial charge is 0.379 e. The van der Waals surface area contributed by atoms with Gasteiger partial charge < -0.3 is 10.1 Å². The maximum atomic E-state index is 13.7. The summed E-state index contributed by atoms with van der Waals surface area (Å²) in [7, 11) is -3.75. The van der Waals surface area contributed by atoms with Crippen molar-refractivity contribution in [3.63, 3.8) is 0 Å². The molecule has 2 aromatic carbocycles. The van der Waals surface area contributed by atoms with Crippen LogP contribution in [0.4, 0.5) is 14.5 Å². The highest BCUT2D eigenvalue weighted by Gasteiger charge is 2.26. The van der Waals surface area contributed by atoms with Crippen LogP contribution in [0.25, 0.3) is 0 Å². The van der Waals surface area contributed by atoms with E-state index >= 15 is 0 Å².